The summed E-state index contributed by atoms with van der Waals surface area (Å²) in [5.41, 5.74) is 2.01. The van der Waals surface area contributed by atoms with Gasteiger partial charge in [0, 0.05) is 12.7 Å². The van der Waals surface area contributed by atoms with Gasteiger partial charge in [-0.05, 0) is 13.0 Å². The Balaban J connectivity index is 2.49. The fraction of sp³-hybridized carbons (Fsp3) is 0.375. The Labute approximate surface area is 65.4 Å². The van der Waals surface area contributed by atoms with Gasteiger partial charge in [0.1, 0.15) is 6.61 Å². The number of ether oxygens (including phenoxy) is 1. The Morgan fingerprint density at radius 2 is 2.55 bits per heavy atom. The van der Waals surface area contributed by atoms with Crippen LogP contribution in [0.25, 0.3) is 0 Å². The molecule has 1 aliphatic heterocycles. The molecule has 0 spiro atoms. The molecule has 0 amide bonds. The second-order valence-corrected chi connectivity index (χ2v) is 2.55. The van der Waals surface area contributed by atoms with Gasteiger partial charge in [0.15, 0.2) is 5.75 Å². The molecule has 0 aromatic carbocycles. The minimum Gasteiger partial charge on any atom is -0.488 e. The summed E-state index contributed by atoms with van der Waals surface area (Å²) < 4.78 is 5.43. The van der Waals surface area contributed by atoms with E-state index in [0.717, 1.165) is 30.3 Å². The lowest BCUT2D eigenvalue weighted by atomic mass is 10.3. The second kappa shape index (κ2) is 2.42. The number of rotatable bonds is 0. The zero-order chi connectivity index (χ0) is 7.68. The normalized spacial score (nSPS) is 14.6. The van der Waals surface area contributed by atoms with Crippen LogP contribution in [0.3, 0.4) is 0 Å². The van der Waals surface area contributed by atoms with Gasteiger partial charge in [0.25, 0.3) is 0 Å². The molecule has 0 atom stereocenters. The number of hydrogen-bond acceptors (Lipinski definition) is 3. The summed E-state index contributed by atoms with van der Waals surface area (Å²) in [7, 11) is 0. The minimum atomic E-state index is 0.736. The largest absolute Gasteiger partial charge is 0.488 e. The summed E-state index contributed by atoms with van der Waals surface area (Å²) >= 11 is 0. The van der Waals surface area contributed by atoms with Crippen LogP contribution in [0.15, 0.2) is 12.3 Å². The molecular weight excluding hydrogens is 140 g/mol. The maximum absolute atomic E-state index is 5.43. The second-order valence-electron chi connectivity index (χ2n) is 2.55. The van der Waals surface area contributed by atoms with Crippen molar-refractivity contribution < 1.29 is 4.74 Å². The number of fused-ring (bicyclic) bond motifs is 1. The number of aromatic nitrogens is 1. The van der Waals surface area contributed by atoms with Gasteiger partial charge >= 0.3 is 0 Å². The number of anilines is 1. The lowest BCUT2D eigenvalue weighted by molar-refractivity contribution is 0.319. The highest BCUT2D eigenvalue weighted by atomic mass is 16.5. The first-order chi connectivity index (χ1) is 5.38. The van der Waals surface area contributed by atoms with Gasteiger partial charge < -0.3 is 10.1 Å². The Morgan fingerprint density at radius 3 is 3.36 bits per heavy atom. The average molecular weight is 150 g/mol. The van der Waals surface area contributed by atoms with Crippen LogP contribution in [0.2, 0.25) is 0 Å². The lowest BCUT2D eigenvalue weighted by Gasteiger charge is -2.19. The summed E-state index contributed by atoms with van der Waals surface area (Å²) in [6, 6.07) is 1.93. The summed E-state index contributed by atoms with van der Waals surface area (Å²) in [5.74, 6) is 0.902. The van der Waals surface area contributed by atoms with Crippen LogP contribution in [0.5, 0.6) is 5.75 Å². The Morgan fingerprint density at radius 1 is 1.64 bits per heavy atom. The molecular formula is C8H10N2O. The summed E-state index contributed by atoms with van der Waals surface area (Å²) in [6.45, 7) is 3.57. The molecule has 0 fully saturated rings. The highest BCUT2D eigenvalue weighted by molar-refractivity contribution is 5.58. The van der Waals surface area contributed by atoms with Crippen LogP contribution < -0.4 is 10.1 Å². The first-order valence-electron chi connectivity index (χ1n) is 3.70. The molecule has 0 unspecified atom stereocenters. The van der Waals surface area contributed by atoms with Crippen molar-refractivity contribution >= 4 is 5.69 Å². The molecule has 2 heterocycles. The molecule has 0 aliphatic carbocycles. The fourth-order valence-electron chi connectivity index (χ4n) is 1.21. The Bertz CT molecular complexity index is 273. The molecule has 0 saturated heterocycles. The van der Waals surface area contributed by atoms with E-state index in [0.29, 0.717) is 0 Å². The number of hydrogen-bond donors (Lipinski definition) is 1. The number of nitrogens with zero attached hydrogens (tertiary/aromatic N) is 1. The van der Waals surface area contributed by atoms with E-state index in [1.165, 1.54) is 0 Å². The molecule has 58 valence electrons. The molecule has 0 radical (unpaired) electrons. The standard InChI is InChI=1S/C8H10N2O/c1-6-8-7(2-3-9-6)10-4-5-11-8/h2-3,10H,4-5H2,1H3. The molecule has 0 bridgehead atoms. The maximum Gasteiger partial charge on any atom is 0.163 e. The minimum absolute atomic E-state index is 0.736. The van der Waals surface area contributed by atoms with Gasteiger partial charge in [-0.3, -0.25) is 4.98 Å². The zero-order valence-corrected chi connectivity index (χ0v) is 6.42. The summed E-state index contributed by atoms with van der Waals surface area (Å²) in [6.07, 6.45) is 1.79. The van der Waals surface area contributed by atoms with E-state index in [1.807, 2.05) is 13.0 Å². The van der Waals surface area contributed by atoms with Crippen molar-refractivity contribution in [3.63, 3.8) is 0 Å². The van der Waals surface area contributed by atoms with Crippen LogP contribution in [-0.4, -0.2) is 18.1 Å². The zero-order valence-electron chi connectivity index (χ0n) is 6.42. The lowest BCUT2D eigenvalue weighted by Crippen LogP contribution is -2.18. The van der Waals surface area contributed by atoms with E-state index in [2.05, 4.69) is 10.3 Å². The third-order valence-corrected chi connectivity index (χ3v) is 1.75. The first-order valence-corrected chi connectivity index (χ1v) is 3.70. The monoisotopic (exact) mass is 150 g/mol. The molecule has 3 nitrogen and oxygen atoms in total. The highest BCUT2D eigenvalue weighted by Gasteiger charge is 2.11. The predicted molar refractivity (Wildman–Crippen MR) is 43.0 cm³/mol. The van der Waals surface area contributed by atoms with Crippen molar-refractivity contribution in [2.24, 2.45) is 0 Å². The molecule has 2 rings (SSSR count). The van der Waals surface area contributed by atoms with Crippen LogP contribution in [0.4, 0.5) is 5.69 Å². The van der Waals surface area contributed by atoms with Crippen molar-refractivity contribution in [3.8, 4) is 5.75 Å². The first kappa shape index (κ1) is 6.46. The van der Waals surface area contributed by atoms with Crippen LogP contribution in [0, 0.1) is 6.92 Å². The number of aryl methyl sites for hydroxylation is 1. The van der Waals surface area contributed by atoms with E-state index in [4.69, 9.17) is 4.74 Å². The van der Waals surface area contributed by atoms with Gasteiger partial charge in [0.2, 0.25) is 0 Å². The molecule has 1 N–H and O–H groups in total. The van der Waals surface area contributed by atoms with E-state index >= 15 is 0 Å². The van der Waals surface area contributed by atoms with Crippen LogP contribution >= 0.6 is 0 Å². The third-order valence-electron chi connectivity index (χ3n) is 1.75. The predicted octanol–water partition coefficient (Wildman–Crippen LogP) is 1.19. The van der Waals surface area contributed by atoms with Crippen molar-refractivity contribution in [3.05, 3.63) is 18.0 Å². The van der Waals surface area contributed by atoms with Crippen molar-refractivity contribution in [1.29, 1.82) is 0 Å². The molecule has 11 heavy (non-hydrogen) atoms. The van der Waals surface area contributed by atoms with Crippen molar-refractivity contribution in [1.82, 2.24) is 4.98 Å². The number of nitrogens with one attached hydrogen (secondary N) is 1. The van der Waals surface area contributed by atoms with Gasteiger partial charge in [-0.25, -0.2) is 0 Å². The average Bonchev–Trinajstić information content (AvgIpc) is 2.06. The molecule has 0 saturated carbocycles. The van der Waals surface area contributed by atoms with Crippen molar-refractivity contribution in [2.75, 3.05) is 18.5 Å². The smallest absolute Gasteiger partial charge is 0.163 e. The summed E-state index contributed by atoms with van der Waals surface area (Å²) in [4.78, 5) is 4.13. The molecule has 3 heteroatoms. The van der Waals surface area contributed by atoms with Gasteiger partial charge in [-0.2, -0.15) is 0 Å². The maximum atomic E-state index is 5.43. The highest BCUT2D eigenvalue weighted by Crippen LogP contribution is 2.28. The fourth-order valence-corrected chi connectivity index (χ4v) is 1.21. The van der Waals surface area contributed by atoms with Crippen LogP contribution in [0.1, 0.15) is 5.69 Å². The Kier molecular flexibility index (Phi) is 1.42. The van der Waals surface area contributed by atoms with Crippen LogP contribution in [-0.2, 0) is 0 Å². The molecule has 1 aromatic heterocycles. The van der Waals surface area contributed by atoms with E-state index < -0.39 is 0 Å². The SMILES string of the molecule is Cc1nccc2c1OCCN2. The molecule has 1 aliphatic rings. The Hall–Kier alpha value is -1.25. The summed E-state index contributed by atoms with van der Waals surface area (Å²) in [5, 5.41) is 3.24. The van der Waals surface area contributed by atoms with Gasteiger partial charge in [-0.1, -0.05) is 0 Å². The third kappa shape index (κ3) is 1.02. The van der Waals surface area contributed by atoms with Crippen molar-refractivity contribution in [2.45, 2.75) is 6.92 Å². The van der Waals surface area contributed by atoms with E-state index in [9.17, 15) is 0 Å². The van der Waals surface area contributed by atoms with Gasteiger partial charge in [0.05, 0.1) is 11.4 Å². The van der Waals surface area contributed by atoms with E-state index in [1.54, 1.807) is 6.20 Å². The van der Waals surface area contributed by atoms with E-state index in [-0.39, 0.29) is 0 Å². The number of pyridine rings is 1. The topological polar surface area (TPSA) is 34.1 Å². The quantitative estimate of drug-likeness (QED) is 0.603. The molecule has 1 aromatic rings. The van der Waals surface area contributed by atoms with Gasteiger partial charge in [-0.15, -0.1) is 0 Å².